The Morgan fingerprint density at radius 2 is 1.45 bits per heavy atom. The third kappa shape index (κ3) is 15.0. The number of methoxy groups -OCH3 is 2. The molecule has 6 amide bonds. The highest BCUT2D eigenvalue weighted by atomic mass is 32.2. The lowest BCUT2D eigenvalue weighted by molar-refractivity contribution is -0.148. The SMILES string of the molecule is CC[C@H](C)[C@@H]([C@@H](CC(=O)N1CCC[C@H]1[C@H](OC)[C@@H](C)C(=O)N[C@@H](Cc1ccc(O)cc1)C(=O)NS(=O)(=O)C1CC1)OC)N(C)C(=O)[C@@H](NC(=O)[C@H](C(C)C)N(C)C(=O)OC(C)(C)C)C(C)C. The molecule has 9 atom stereocenters. The van der Waals surface area contributed by atoms with Crippen LogP contribution in [0.2, 0.25) is 0 Å². The Morgan fingerprint density at radius 3 is 1.95 bits per heavy atom. The highest BCUT2D eigenvalue weighted by molar-refractivity contribution is 7.90. The fraction of sp³-hybridized carbons (Fsp3) is 0.745. The van der Waals surface area contributed by atoms with Crippen LogP contribution in [0, 0.1) is 23.7 Å². The zero-order valence-corrected chi connectivity index (χ0v) is 42.4. The number of benzene rings is 1. The number of ether oxygens (including phenoxy) is 3. The van der Waals surface area contributed by atoms with Crippen molar-refractivity contribution in [1.82, 2.24) is 30.1 Å². The van der Waals surface area contributed by atoms with Crippen LogP contribution in [0.4, 0.5) is 4.79 Å². The highest BCUT2D eigenvalue weighted by Gasteiger charge is 2.45. The maximum Gasteiger partial charge on any atom is 0.410 e. The van der Waals surface area contributed by atoms with E-state index in [9.17, 15) is 42.3 Å². The van der Waals surface area contributed by atoms with E-state index in [2.05, 4.69) is 15.4 Å². The topological polar surface area (TPSA) is 230 Å². The van der Waals surface area contributed by atoms with Gasteiger partial charge in [-0.25, -0.2) is 13.2 Å². The molecule has 0 radical (unpaired) electrons. The Bertz CT molecular complexity index is 1940. The van der Waals surface area contributed by atoms with Crippen molar-refractivity contribution in [1.29, 1.82) is 0 Å². The molecule has 2 aliphatic rings. The van der Waals surface area contributed by atoms with Gasteiger partial charge in [-0.15, -0.1) is 0 Å². The van der Waals surface area contributed by atoms with E-state index >= 15 is 0 Å². The Kier molecular flexibility index (Phi) is 20.3. The van der Waals surface area contributed by atoms with E-state index in [1.807, 2.05) is 41.5 Å². The van der Waals surface area contributed by atoms with Crippen molar-refractivity contribution in [3.05, 3.63) is 29.8 Å². The van der Waals surface area contributed by atoms with E-state index in [4.69, 9.17) is 14.2 Å². The fourth-order valence-corrected chi connectivity index (χ4v) is 10.1. The van der Waals surface area contributed by atoms with Gasteiger partial charge in [-0.05, 0) is 81.9 Å². The molecule has 1 aromatic carbocycles. The Morgan fingerprint density at radius 1 is 0.848 bits per heavy atom. The Balaban J connectivity index is 1.82. The predicted molar refractivity (Wildman–Crippen MR) is 249 cm³/mol. The molecule has 0 spiro atoms. The summed E-state index contributed by atoms with van der Waals surface area (Å²) in [6.07, 6.45) is 0.207. The number of rotatable bonds is 23. The summed E-state index contributed by atoms with van der Waals surface area (Å²) in [6.45, 7) is 18.4. The van der Waals surface area contributed by atoms with Crippen LogP contribution in [0.5, 0.6) is 5.75 Å². The molecule has 18 nitrogen and oxygen atoms in total. The normalized spacial score (nSPS) is 19.2. The van der Waals surface area contributed by atoms with E-state index < -0.39 is 93.0 Å². The lowest BCUT2D eigenvalue weighted by Crippen LogP contribution is -2.60. The lowest BCUT2D eigenvalue weighted by Gasteiger charge is -2.41. The van der Waals surface area contributed by atoms with Crippen LogP contribution in [0.25, 0.3) is 0 Å². The summed E-state index contributed by atoms with van der Waals surface area (Å²) < 4.78 is 45.1. The summed E-state index contributed by atoms with van der Waals surface area (Å²) in [5.74, 6) is -4.37. The Labute approximate surface area is 392 Å². The van der Waals surface area contributed by atoms with Gasteiger partial charge in [0.2, 0.25) is 33.7 Å². The zero-order valence-electron chi connectivity index (χ0n) is 41.6. The van der Waals surface area contributed by atoms with Crippen molar-refractivity contribution >= 4 is 45.7 Å². The van der Waals surface area contributed by atoms with Crippen LogP contribution in [0.1, 0.15) is 113 Å². The number of phenolic OH excluding ortho intramolecular Hbond substituents is 1. The molecular formula is C47H78N6O12S. The quantitative estimate of drug-likeness (QED) is 0.122. The summed E-state index contributed by atoms with van der Waals surface area (Å²) in [7, 11) is 2.14. The van der Waals surface area contributed by atoms with Gasteiger partial charge in [-0.2, -0.15) is 0 Å². The molecular weight excluding hydrogens is 873 g/mol. The number of phenols is 1. The highest BCUT2D eigenvalue weighted by Crippen LogP contribution is 2.31. The number of nitrogens with one attached hydrogen (secondary N) is 3. The van der Waals surface area contributed by atoms with Gasteiger partial charge in [-0.3, -0.25) is 33.6 Å². The average Bonchev–Trinajstić information content (AvgIpc) is 4.00. The van der Waals surface area contributed by atoms with Crippen molar-refractivity contribution in [3.63, 3.8) is 0 Å². The number of likely N-dealkylation sites (N-methyl/N-ethyl adjacent to an activating group) is 2. The van der Waals surface area contributed by atoms with Crippen LogP contribution >= 0.6 is 0 Å². The van der Waals surface area contributed by atoms with Crippen molar-refractivity contribution in [2.24, 2.45) is 23.7 Å². The van der Waals surface area contributed by atoms with Gasteiger partial charge in [0.15, 0.2) is 0 Å². The van der Waals surface area contributed by atoms with E-state index in [0.29, 0.717) is 44.2 Å². The van der Waals surface area contributed by atoms with Crippen molar-refractivity contribution < 1.29 is 56.5 Å². The number of sulfonamides is 1. The number of nitrogens with zero attached hydrogens (tertiary/aromatic N) is 3. The molecule has 1 aliphatic heterocycles. The molecule has 1 saturated heterocycles. The van der Waals surface area contributed by atoms with Crippen LogP contribution in [-0.2, 0) is 54.6 Å². The molecule has 1 aliphatic carbocycles. The van der Waals surface area contributed by atoms with E-state index in [1.165, 1.54) is 38.3 Å². The van der Waals surface area contributed by atoms with Crippen LogP contribution in [0.3, 0.4) is 0 Å². The first-order chi connectivity index (χ1) is 30.7. The molecule has 1 heterocycles. The second-order valence-corrected chi connectivity index (χ2v) is 21.7. The standard InChI is InChI=1S/C47H78N6O12S/c1-15-29(6)40(51(11)45(59)38(27(2)3)49-44(58)39(28(4)5)52(12)46(60)65-47(8,9)10)36(63-13)26-37(55)53-24-16-17-35(53)41(64-14)30(7)42(56)48-34(25-31-18-20-32(54)21-19-31)43(57)50-66(61,62)33-22-23-33/h18-21,27-30,33-36,38-41,54H,15-17,22-26H2,1-14H3,(H,48,56)(H,49,58)(H,50,57)/t29-,30+,34-,35-,36+,38-,39-,40-,41+/m0/s1. The predicted octanol–water partition coefficient (Wildman–Crippen LogP) is 3.98. The summed E-state index contributed by atoms with van der Waals surface area (Å²) in [5.41, 5.74) is -0.210. The third-order valence-electron chi connectivity index (χ3n) is 12.7. The van der Waals surface area contributed by atoms with Gasteiger partial charge in [0, 0.05) is 41.3 Å². The number of aromatic hydroxyl groups is 1. The monoisotopic (exact) mass is 951 g/mol. The average molecular weight is 951 g/mol. The summed E-state index contributed by atoms with van der Waals surface area (Å²) in [5, 5.41) is 14.8. The zero-order chi connectivity index (χ0) is 50.0. The summed E-state index contributed by atoms with van der Waals surface area (Å²) >= 11 is 0. The molecule has 0 aromatic heterocycles. The summed E-state index contributed by atoms with van der Waals surface area (Å²) in [6, 6.07) is 1.65. The van der Waals surface area contributed by atoms with E-state index in [1.54, 1.807) is 56.7 Å². The smallest absolute Gasteiger partial charge is 0.410 e. The number of likely N-dealkylation sites (tertiary alicyclic amines) is 1. The largest absolute Gasteiger partial charge is 0.508 e. The third-order valence-corrected chi connectivity index (χ3v) is 14.5. The molecule has 0 unspecified atom stereocenters. The Hall–Kier alpha value is -4.49. The first-order valence-electron chi connectivity index (χ1n) is 23.2. The van der Waals surface area contributed by atoms with Crippen molar-refractivity contribution in [2.45, 2.75) is 167 Å². The molecule has 374 valence electrons. The second kappa shape index (κ2) is 24.0. The van der Waals surface area contributed by atoms with E-state index in [-0.39, 0.29) is 48.2 Å². The number of carbonyl (C=O) groups is 6. The minimum atomic E-state index is -3.93. The van der Waals surface area contributed by atoms with E-state index in [0.717, 1.165) is 0 Å². The maximum atomic E-state index is 14.5. The number of hydrogen-bond donors (Lipinski definition) is 4. The summed E-state index contributed by atoms with van der Waals surface area (Å²) in [4.78, 5) is 87.8. The van der Waals surface area contributed by atoms with Gasteiger partial charge in [-0.1, -0.05) is 67.0 Å². The van der Waals surface area contributed by atoms with Gasteiger partial charge >= 0.3 is 6.09 Å². The van der Waals surface area contributed by atoms with Crippen molar-refractivity contribution in [2.75, 3.05) is 34.9 Å². The van der Waals surface area contributed by atoms with Crippen LogP contribution in [0.15, 0.2) is 24.3 Å². The van der Waals surface area contributed by atoms with Crippen molar-refractivity contribution in [3.8, 4) is 5.75 Å². The molecule has 0 bridgehead atoms. The molecule has 1 aromatic rings. The number of hydrogen-bond acceptors (Lipinski definition) is 12. The molecule has 2 fully saturated rings. The van der Waals surface area contributed by atoms with Crippen LogP contribution in [-0.4, -0.2) is 152 Å². The van der Waals surface area contributed by atoms with Crippen LogP contribution < -0.4 is 15.4 Å². The minimum absolute atomic E-state index is 0.00295. The first kappa shape index (κ1) is 55.8. The first-order valence-corrected chi connectivity index (χ1v) is 24.8. The van der Waals surface area contributed by atoms with Gasteiger partial charge in [0.25, 0.3) is 5.91 Å². The molecule has 19 heteroatoms. The fourth-order valence-electron chi connectivity index (χ4n) is 8.70. The molecule has 3 rings (SSSR count). The molecule has 1 saturated carbocycles. The van der Waals surface area contributed by atoms with Gasteiger partial charge < -0.3 is 39.8 Å². The lowest BCUT2D eigenvalue weighted by atomic mass is 9.89. The maximum absolute atomic E-state index is 14.5. The van der Waals surface area contributed by atoms with Gasteiger partial charge in [0.05, 0.1) is 41.9 Å². The number of carbonyl (C=O) groups excluding carboxylic acids is 6. The van der Waals surface area contributed by atoms with Gasteiger partial charge in [0.1, 0.15) is 29.5 Å². The second-order valence-electron chi connectivity index (χ2n) is 19.7. The molecule has 66 heavy (non-hydrogen) atoms. The number of amides is 6. The minimum Gasteiger partial charge on any atom is -0.508 e. The molecule has 4 N–H and O–H groups in total.